The Morgan fingerprint density at radius 2 is 2.18 bits per heavy atom. The Kier molecular flexibility index (Phi) is 4.61. The highest BCUT2D eigenvalue weighted by atomic mass is 32.1. The number of hydrogen-bond donors (Lipinski definition) is 0. The summed E-state index contributed by atoms with van der Waals surface area (Å²) in [7, 11) is 0. The van der Waals surface area contributed by atoms with Crippen molar-refractivity contribution in [3.63, 3.8) is 0 Å². The SMILES string of the molecule is Cc1nc(COCc2cnc3n2CCN(C(C)C)C3C)cs1. The minimum atomic E-state index is 0.365. The first-order valence-electron chi connectivity index (χ1n) is 7.85. The fraction of sp³-hybridized carbons (Fsp3) is 0.625. The highest BCUT2D eigenvalue weighted by molar-refractivity contribution is 7.09. The Hall–Kier alpha value is -1.24. The summed E-state index contributed by atoms with van der Waals surface area (Å²) in [4.78, 5) is 11.5. The monoisotopic (exact) mass is 320 g/mol. The first kappa shape index (κ1) is 15.6. The zero-order valence-electron chi connectivity index (χ0n) is 13.7. The number of fused-ring (bicyclic) bond motifs is 1. The van der Waals surface area contributed by atoms with E-state index < -0.39 is 0 Å². The van der Waals surface area contributed by atoms with Crippen molar-refractivity contribution in [2.45, 2.75) is 59.5 Å². The van der Waals surface area contributed by atoms with E-state index in [0.717, 1.165) is 35.3 Å². The minimum absolute atomic E-state index is 0.365. The zero-order chi connectivity index (χ0) is 15.7. The lowest BCUT2D eigenvalue weighted by atomic mass is 10.1. The molecule has 0 saturated heterocycles. The molecule has 2 aromatic heterocycles. The molecule has 0 aliphatic carbocycles. The number of thiazole rings is 1. The molecule has 3 rings (SSSR count). The van der Waals surface area contributed by atoms with Crippen LogP contribution < -0.4 is 0 Å². The molecule has 0 saturated carbocycles. The summed E-state index contributed by atoms with van der Waals surface area (Å²) < 4.78 is 8.14. The van der Waals surface area contributed by atoms with Gasteiger partial charge in [-0.15, -0.1) is 11.3 Å². The van der Waals surface area contributed by atoms with Crippen LogP contribution >= 0.6 is 11.3 Å². The van der Waals surface area contributed by atoms with Gasteiger partial charge in [-0.2, -0.15) is 0 Å². The van der Waals surface area contributed by atoms with Gasteiger partial charge in [0.25, 0.3) is 0 Å². The van der Waals surface area contributed by atoms with E-state index in [1.165, 1.54) is 0 Å². The van der Waals surface area contributed by atoms with Gasteiger partial charge >= 0.3 is 0 Å². The molecule has 0 spiro atoms. The van der Waals surface area contributed by atoms with Gasteiger partial charge in [0.2, 0.25) is 0 Å². The smallest absolute Gasteiger partial charge is 0.126 e. The number of nitrogens with zero attached hydrogens (tertiary/aromatic N) is 4. The molecule has 5 nitrogen and oxygen atoms in total. The first-order valence-corrected chi connectivity index (χ1v) is 8.73. The highest BCUT2D eigenvalue weighted by Crippen LogP contribution is 2.27. The van der Waals surface area contributed by atoms with Gasteiger partial charge in [-0.25, -0.2) is 9.97 Å². The maximum absolute atomic E-state index is 5.82. The predicted molar refractivity (Wildman–Crippen MR) is 87.8 cm³/mol. The lowest BCUT2D eigenvalue weighted by Gasteiger charge is -2.37. The molecule has 1 unspecified atom stereocenters. The summed E-state index contributed by atoms with van der Waals surface area (Å²) >= 11 is 1.66. The summed E-state index contributed by atoms with van der Waals surface area (Å²) in [5.41, 5.74) is 2.18. The van der Waals surface area contributed by atoms with E-state index in [-0.39, 0.29) is 0 Å². The minimum Gasteiger partial charge on any atom is -0.369 e. The summed E-state index contributed by atoms with van der Waals surface area (Å²) in [6.45, 7) is 12.0. The van der Waals surface area contributed by atoms with Crippen LogP contribution in [0.1, 0.15) is 49.0 Å². The van der Waals surface area contributed by atoms with Gasteiger partial charge in [0.1, 0.15) is 5.82 Å². The number of ether oxygens (including phenoxy) is 1. The third-order valence-electron chi connectivity index (χ3n) is 4.25. The third-order valence-corrected chi connectivity index (χ3v) is 5.07. The quantitative estimate of drug-likeness (QED) is 0.849. The molecule has 1 aliphatic heterocycles. The van der Waals surface area contributed by atoms with Crippen molar-refractivity contribution in [3.8, 4) is 0 Å². The van der Waals surface area contributed by atoms with Crippen LogP contribution in [-0.4, -0.2) is 32.0 Å². The fourth-order valence-electron chi connectivity index (χ4n) is 3.13. The Balaban J connectivity index is 1.63. The summed E-state index contributed by atoms with van der Waals surface area (Å²) in [6, 6.07) is 0.914. The average molecular weight is 320 g/mol. The number of aromatic nitrogens is 3. The molecule has 2 aromatic rings. The van der Waals surface area contributed by atoms with E-state index in [4.69, 9.17) is 4.74 Å². The maximum Gasteiger partial charge on any atom is 0.126 e. The Morgan fingerprint density at radius 1 is 1.36 bits per heavy atom. The van der Waals surface area contributed by atoms with Crippen LogP contribution in [0.3, 0.4) is 0 Å². The molecule has 0 aromatic carbocycles. The normalized spacial score (nSPS) is 18.9. The average Bonchev–Trinajstić information content (AvgIpc) is 3.06. The Labute approximate surface area is 136 Å². The number of aryl methyl sites for hydroxylation is 1. The summed E-state index contributed by atoms with van der Waals surface area (Å²) in [5.74, 6) is 1.16. The lowest BCUT2D eigenvalue weighted by Crippen LogP contribution is -2.41. The molecule has 0 radical (unpaired) electrons. The van der Waals surface area contributed by atoms with Gasteiger partial charge in [0, 0.05) is 24.5 Å². The molecule has 3 heterocycles. The van der Waals surface area contributed by atoms with Gasteiger partial charge in [-0.05, 0) is 27.7 Å². The van der Waals surface area contributed by atoms with Crippen molar-refractivity contribution in [3.05, 3.63) is 33.8 Å². The molecular formula is C16H24N4OS. The predicted octanol–water partition coefficient (Wildman–Crippen LogP) is 3.15. The molecule has 0 N–H and O–H groups in total. The lowest BCUT2D eigenvalue weighted by molar-refractivity contribution is 0.0918. The molecule has 22 heavy (non-hydrogen) atoms. The van der Waals surface area contributed by atoms with Crippen LogP contribution in [0.5, 0.6) is 0 Å². The van der Waals surface area contributed by atoms with E-state index in [0.29, 0.717) is 25.3 Å². The van der Waals surface area contributed by atoms with E-state index in [1.54, 1.807) is 11.3 Å². The third kappa shape index (κ3) is 3.09. The van der Waals surface area contributed by atoms with Gasteiger partial charge in [-0.1, -0.05) is 0 Å². The molecule has 0 bridgehead atoms. The zero-order valence-corrected chi connectivity index (χ0v) is 14.6. The molecule has 1 atom stereocenters. The van der Waals surface area contributed by atoms with Crippen LogP contribution in [0.25, 0.3) is 0 Å². The van der Waals surface area contributed by atoms with Crippen LogP contribution in [0.15, 0.2) is 11.6 Å². The highest BCUT2D eigenvalue weighted by Gasteiger charge is 2.28. The van der Waals surface area contributed by atoms with Crippen molar-refractivity contribution in [2.24, 2.45) is 0 Å². The van der Waals surface area contributed by atoms with E-state index in [9.17, 15) is 0 Å². The fourth-order valence-corrected chi connectivity index (χ4v) is 3.73. The van der Waals surface area contributed by atoms with Crippen LogP contribution in [0, 0.1) is 6.92 Å². The second kappa shape index (κ2) is 6.48. The summed E-state index contributed by atoms with van der Waals surface area (Å²) in [6.07, 6.45) is 1.96. The molecule has 0 amide bonds. The second-order valence-corrected chi connectivity index (χ2v) is 7.18. The van der Waals surface area contributed by atoms with E-state index in [1.807, 2.05) is 13.1 Å². The van der Waals surface area contributed by atoms with Crippen molar-refractivity contribution in [2.75, 3.05) is 6.54 Å². The maximum atomic E-state index is 5.82. The number of hydrogen-bond acceptors (Lipinski definition) is 5. The van der Waals surface area contributed by atoms with Gasteiger partial charge < -0.3 is 9.30 Å². The Bertz CT molecular complexity index is 634. The van der Waals surface area contributed by atoms with Gasteiger partial charge in [0.15, 0.2) is 0 Å². The van der Waals surface area contributed by atoms with Crippen molar-refractivity contribution in [1.82, 2.24) is 19.4 Å². The van der Waals surface area contributed by atoms with E-state index in [2.05, 4.69) is 45.6 Å². The van der Waals surface area contributed by atoms with Crippen molar-refractivity contribution < 1.29 is 4.74 Å². The topological polar surface area (TPSA) is 43.2 Å². The first-order chi connectivity index (χ1) is 10.6. The molecule has 0 fully saturated rings. The van der Waals surface area contributed by atoms with Crippen LogP contribution in [0.4, 0.5) is 0 Å². The molecule has 1 aliphatic rings. The summed E-state index contributed by atoms with van der Waals surface area (Å²) in [5, 5.41) is 3.15. The molecule has 120 valence electrons. The van der Waals surface area contributed by atoms with Crippen molar-refractivity contribution in [1.29, 1.82) is 0 Å². The standard InChI is InChI=1S/C16H24N4OS/c1-11(2)19-5-6-20-15(7-17-16(20)12(19)3)9-21-8-14-10-22-13(4)18-14/h7,10-12H,5-6,8-9H2,1-4H3. The number of rotatable bonds is 5. The molecular weight excluding hydrogens is 296 g/mol. The largest absolute Gasteiger partial charge is 0.369 e. The van der Waals surface area contributed by atoms with E-state index >= 15 is 0 Å². The second-order valence-electron chi connectivity index (χ2n) is 6.12. The van der Waals surface area contributed by atoms with Crippen LogP contribution in [0.2, 0.25) is 0 Å². The van der Waals surface area contributed by atoms with Gasteiger partial charge in [-0.3, -0.25) is 4.90 Å². The van der Waals surface area contributed by atoms with Gasteiger partial charge in [0.05, 0.1) is 41.8 Å². The van der Waals surface area contributed by atoms with Crippen molar-refractivity contribution >= 4 is 11.3 Å². The molecule has 6 heteroatoms. The van der Waals surface area contributed by atoms with Crippen LogP contribution in [-0.2, 0) is 24.5 Å². The Morgan fingerprint density at radius 3 is 2.86 bits per heavy atom. The number of imidazole rings is 1.